The first-order valence-electron chi connectivity index (χ1n) is 9.59. The number of rotatable bonds is 5. The summed E-state index contributed by atoms with van der Waals surface area (Å²) in [4.78, 5) is 12.9. The molecular weight excluding hydrogens is 461 g/mol. The number of alkyl halides is 3. The number of hydrogen-bond acceptors (Lipinski definition) is 4. The molecule has 3 aromatic heterocycles. The number of pyridine rings is 1. The van der Waals surface area contributed by atoms with E-state index in [9.17, 15) is 18.0 Å². The van der Waals surface area contributed by atoms with Crippen LogP contribution in [0.5, 0.6) is 0 Å². The molecule has 0 saturated heterocycles. The van der Waals surface area contributed by atoms with Crippen LogP contribution in [0.4, 0.5) is 13.2 Å². The number of thioether (sulfide) groups is 1. The van der Waals surface area contributed by atoms with Gasteiger partial charge in [-0.25, -0.2) is 0 Å². The Morgan fingerprint density at radius 2 is 1.78 bits per heavy atom. The highest BCUT2D eigenvalue weighted by Crippen LogP contribution is 2.33. The van der Waals surface area contributed by atoms with E-state index in [1.165, 1.54) is 4.40 Å². The molecule has 32 heavy (non-hydrogen) atoms. The fourth-order valence-corrected chi connectivity index (χ4v) is 4.57. The summed E-state index contributed by atoms with van der Waals surface area (Å²) < 4.78 is 42.6. The Morgan fingerprint density at radius 1 is 1.09 bits per heavy atom. The van der Waals surface area contributed by atoms with Crippen LogP contribution in [0.25, 0.3) is 11.3 Å². The molecule has 0 bridgehead atoms. The topological polar surface area (TPSA) is 52.2 Å². The van der Waals surface area contributed by atoms with Crippen molar-refractivity contribution in [1.82, 2.24) is 19.2 Å². The molecule has 0 atom stereocenters. The number of fused-ring (bicyclic) bond motifs is 1. The van der Waals surface area contributed by atoms with Crippen molar-refractivity contribution in [3.05, 3.63) is 75.7 Å². The maximum Gasteiger partial charge on any atom is 0.417 e. The lowest BCUT2D eigenvalue weighted by Gasteiger charge is -2.10. The predicted octanol–water partition coefficient (Wildman–Crippen LogP) is 6.09. The second kappa shape index (κ2) is 8.29. The van der Waals surface area contributed by atoms with Gasteiger partial charge in [-0.15, -0.1) is 10.2 Å². The Hall–Kier alpha value is -2.78. The third-order valence-electron chi connectivity index (χ3n) is 5.11. The van der Waals surface area contributed by atoms with E-state index in [-0.39, 0.29) is 27.4 Å². The van der Waals surface area contributed by atoms with Crippen LogP contribution < -0.4 is 0 Å². The highest BCUT2D eigenvalue weighted by Gasteiger charge is 2.32. The highest BCUT2D eigenvalue weighted by atomic mass is 35.5. The van der Waals surface area contributed by atoms with E-state index >= 15 is 0 Å². The van der Waals surface area contributed by atoms with Gasteiger partial charge in [-0.2, -0.15) is 13.2 Å². The monoisotopic (exact) mass is 478 g/mol. The van der Waals surface area contributed by atoms with Crippen LogP contribution in [0.3, 0.4) is 0 Å². The van der Waals surface area contributed by atoms with Gasteiger partial charge in [0.15, 0.2) is 16.6 Å². The van der Waals surface area contributed by atoms with Crippen LogP contribution in [-0.2, 0) is 6.18 Å². The molecule has 0 unspecified atom stereocenters. The normalized spacial score (nSPS) is 12.0. The number of carbonyl (C=O) groups is 1. The highest BCUT2D eigenvalue weighted by molar-refractivity contribution is 7.99. The average Bonchev–Trinajstić information content (AvgIpc) is 3.27. The molecule has 4 aromatic rings. The Kier molecular flexibility index (Phi) is 5.81. The molecule has 0 spiro atoms. The zero-order valence-corrected chi connectivity index (χ0v) is 18.9. The van der Waals surface area contributed by atoms with Gasteiger partial charge in [-0.05, 0) is 45.0 Å². The SMILES string of the molecule is Cc1ccc(-n2c(C)cc(C(=O)CSc3nnc4c(Cl)cc(C(F)(F)F)cn34)c2C)cc1. The van der Waals surface area contributed by atoms with Gasteiger partial charge in [-0.1, -0.05) is 41.1 Å². The fraction of sp³-hybridized carbons (Fsp3) is 0.227. The van der Waals surface area contributed by atoms with Crippen molar-refractivity contribution in [2.75, 3.05) is 5.75 Å². The van der Waals surface area contributed by atoms with Gasteiger partial charge in [-0.3, -0.25) is 9.20 Å². The number of Topliss-reactive ketones (excluding diaryl/α,β-unsaturated/α-hetero) is 1. The van der Waals surface area contributed by atoms with E-state index in [0.29, 0.717) is 5.56 Å². The Morgan fingerprint density at radius 3 is 2.44 bits per heavy atom. The lowest BCUT2D eigenvalue weighted by molar-refractivity contribution is -0.137. The number of halogens is 4. The molecule has 166 valence electrons. The maximum absolute atomic E-state index is 13.1. The largest absolute Gasteiger partial charge is 0.417 e. The summed E-state index contributed by atoms with van der Waals surface area (Å²) in [5, 5.41) is 7.77. The van der Waals surface area contributed by atoms with E-state index < -0.39 is 11.7 Å². The zero-order valence-electron chi connectivity index (χ0n) is 17.4. The standard InChI is InChI=1S/C22H18ClF3N4OS/c1-12-4-6-16(7-5-12)30-13(2)8-17(14(30)3)19(31)11-32-21-28-27-20-18(23)9-15(10-29(20)21)22(24,25)26/h4-10H,11H2,1-3H3. The number of carbonyl (C=O) groups excluding carboxylic acids is 1. The first-order chi connectivity index (χ1) is 15.1. The molecule has 0 N–H and O–H groups in total. The number of aryl methyl sites for hydroxylation is 2. The minimum Gasteiger partial charge on any atom is -0.318 e. The van der Waals surface area contributed by atoms with Crippen LogP contribution in [0.1, 0.15) is 32.9 Å². The van der Waals surface area contributed by atoms with Crippen LogP contribution in [0.2, 0.25) is 5.02 Å². The van der Waals surface area contributed by atoms with Crippen LogP contribution in [-0.4, -0.2) is 30.7 Å². The molecule has 0 aliphatic carbocycles. The third kappa shape index (κ3) is 4.14. The summed E-state index contributed by atoms with van der Waals surface area (Å²) in [6.45, 7) is 5.79. The molecule has 0 radical (unpaired) electrons. The third-order valence-corrected chi connectivity index (χ3v) is 6.33. The number of hydrogen-bond donors (Lipinski definition) is 0. The first-order valence-corrected chi connectivity index (χ1v) is 11.0. The molecule has 0 saturated carbocycles. The Balaban J connectivity index is 1.60. The number of nitrogens with zero attached hydrogens (tertiary/aromatic N) is 4. The van der Waals surface area contributed by atoms with Crippen molar-refractivity contribution in [2.45, 2.75) is 32.1 Å². The molecule has 0 fully saturated rings. The zero-order chi connectivity index (χ0) is 23.2. The van der Waals surface area contributed by atoms with Gasteiger partial charge in [0.2, 0.25) is 0 Å². The Bertz CT molecular complexity index is 1330. The van der Waals surface area contributed by atoms with E-state index in [4.69, 9.17) is 11.6 Å². The molecule has 5 nitrogen and oxygen atoms in total. The van der Waals surface area contributed by atoms with Crippen LogP contribution >= 0.6 is 23.4 Å². The summed E-state index contributed by atoms with van der Waals surface area (Å²) in [6, 6.07) is 10.6. The molecule has 0 aliphatic heterocycles. The van der Waals surface area contributed by atoms with Crippen LogP contribution in [0.15, 0.2) is 47.8 Å². The van der Waals surface area contributed by atoms with E-state index in [2.05, 4.69) is 10.2 Å². The summed E-state index contributed by atoms with van der Waals surface area (Å²) >= 11 is 6.96. The van der Waals surface area contributed by atoms with Crippen LogP contribution in [0, 0.1) is 20.8 Å². The quantitative estimate of drug-likeness (QED) is 0.257. The van der Waals surface area contributed by atoms with Gasteiger partial charge >= 0.3 is 6.18 Å². The van der Waals surface area contributed by atoms with E-state index in [0.717, 1.165) is 46.7 Å². The summed E-state index contributed by atoms with van der Waals surface area (Å²) in [6.07, 6.45) is -3.68. The molecule has 0 aliphatic rings. The van der Waals surface area contributed by atoms with Crippen molar-refractivity contribution in [2.24, 2.45) is 0 Å². The molecule has 10 heteroatoms. The van der Waals surface area contributed by atoms with Gasteiger partial charge in [0.05, 0.1) is 16.3 Å². The van der Waals surface area contributed by atoms with E-state index in [1.807, 2.05) is 55.7 Å². The molecule has 3 heterocycles. The lowest BCUT2D eigenvalue weighted by atomic mass is 10.2. The van der Waals surface area contributed by atoms with E-state index in [1.54, 1.807) is 0 Å². The van der Waals surface area contributed by atoms with Gasteiger partial charge < -0.3 is 4.57 Å². The van der Waals surface area contributed by atoms with Crippen molar-refractivity contribution in [3.8, 4) is 5.69 Å². The molecule has 4 rings (SSSR count). The Labute approximate surface area is 191 Å². The minimum atomic E-state index is -4.56. The fourth-order valence-electron chi connectivity index (χ4n) is 3.53. The van der Waals surface area contributed by atoms with Gasteiger partial charge in [0.25, 0.3) is 0 Å². The second-order valence-electron chi connectivity index (χ2n) is 7.42. The average molecular weight is 479 g/mol. The van der Waals surface area contributed by atoms with Crippen molar-refractivity contribution in [3.63, 3.8) is 0 Å². The number of benzene rings is 1. The number of ketones is 1. The van der Waals surface area contributed by atoms with Gasteiger partial charge in [0.1, 0.15) is 0 Å². The molecular formula is C22H18ClF3N4OS. The van der Waals surface area contributed by atoms with Gasteiger partial charge in [0, 0.05) is 28.8 Å². The van der Waals surface area contributed by atoms with Crippen molar-refractivity contribution in [1.29, 1.82) is 0 Å². The summed E-state index contributed by atoms with van der Waals surface area (Å²) in [5.74, 6) is -0.163. The predicted molar refractivity (Wildman–Crippen MR) is 118 cm³/mol. The van der Waals surface area contributed by atoms with Crippen molar-refractivity contribution >= 4 is 34.8 Å². The first kappa shape index (κ1) is 22.4. The summed E-state index contributed by atoms with van der Waals surface area (Å²) in [5.41, 5.74) is 3.54. The maximum atomic E-state index is 13.1. The molecule has 1 aromatic carbocycles. The smallest absolute Gasteiger partial charge is 0.318 e. The minimum absolute atomic E-state index is 0.00709. The molecule has 0 amide bonds. The number of aromatic nitrogens is 4. The lowest BCUT2D eigenvalue weighted by Crippen LogP contribution is -2.08. The second-order valence-corrected chi connectivity index (χ2v) is 8.77. The van der Waals surface area contributed by atoms with Crippen molar-refractivity contribution < 1.29 is 18.0 Å². The summed E-state index contributed by atoms with van der Waals surface area (Å²) in [7, 11) is 0.